The number of benzene rings is 1. The van der Waals surface area contributed by atoms with Crippen LogP contribution in [-0.2, 0) is 0 Å². The van der Waals surface area contributed by atoms with Crippen LogP contribution in [0.25, 0.3) is 22.6 Å². The molecule has 0 aliphatic carbocycles. The third-order valence-corrected chi connectivity index (χ3v) is 3.24. The van der Waals surface area contributed by atoms with E-state index in [9.17, 15) is 5.11 Å². The molecule has 6 heteroatoms. The summed E-state index contributed by atoms with van der Waals surface area (Å²) in [5.41, 5.74) is 2.27. The smallest absolute Gasteiger partial charge is 0.180 e. The van der Waals surface area contributed by atoms with Gasteiger partial charge in [0, 0.05) is 19.7 Å². The SMILES string of the molecule is COc1ccc(-c2nc3nc(N(C)C)ccc3[nH]2)cc1O. The molecular weight excluding hydrogens is 268 g/mol. The van der Waals surface area contributed by atoms with Gasteiger partial charge in [-0.25, -0.2) is 9.97 Å². The molecule has 2 heterocycles. The first kappa shape index (κ1) is 13.2. The summed E-state index contributed by atoms with van der Waals surface area (Å²) in [7, 11) is 5.38. The topological polar surface area (TPSA) is 74.3 Å². The highest BCUT2D eigenvalue weighted by Crippen LogP contribution is 2.31. The lowest BCUT2D eigenvalue weighted by Gasteiger charge is -2.09. The molecule has 2 aromatic heterocycles. The minimum atomic E-state index is 0.0809. The van der Waals surface area contributed by atoms with Crippen molar-refractivity contribution in [3.8, 4) is 22.9 Å². The van der Waals surface area contributed by atoms with Crippen molar-refractivity contribution < 1.29 is 9.84 Å². The van der Waals surface area contributed by atoms with Crippen molar-refractivity contribution in [3.63, 3.8) is 0 Å². The molecule has 21 heavy (non-hydrogen) atoms. The summed E-state index contributed by atoms with van der Waals surface area (Å²) in [6, 6.07) is 9.02. The quantitative estimate of drug-likeness (QED) is 0.772. The minimum Gasteiger partial charge on any atom is -0.504 e. The summed E-state index contributed by atoms with van der Waals surface area (Å²) in [6.45, 7) is 0. The van der Waals surface area contributed by atoms with Gasteiger partial charge in [0.15, 0.2) is 17.1 Å². The minimum absolute atomic E-state index is 0.0809. The molecule has 3 aromatic rings. The summed E-state index contributed by atoms with van der Waals surface area (Å²) >= 11 is 0. The van der Waals surface area contributed by atoms with Gasteiger partial charge in [-0.05, 0) is 30.3 Å². The van der Waals surface area contributed by atoms with Crippen LogP contribution in [-0.4, -0.2) is 41.3 Å². The van der Waals surface area contributed by atoms with E-state index in [1.54, 1.807) is 12.1 Å². The number of aromatic hydroxyl groups is 1. The molecule has 0 aliphatic rings. The predicted octanol–water partition coefficient (Wildman–Crippen LogP) is 2.41. The second kappa shape index (κ2) is 4.97. The van der Waals surface area contributed by atoms with Gasteiger partial charge in [-0.15, -0.1) is 0 Å². The molecular formula is C15H16N4O2. The molecule has 0 fully saturated rings. The lowest BCUT2D eigenvalue weighted by atomic mass is 10.2. The lowest BCUT2D eigenvalue weighted by Crippen LogP contribution is -2.10. The van der Waals surface area contributed by atoms with E-state index in [0.717, 1.165) is 16.9 Å². The molecule has 0 amide bonds. The number of nitrogens with one attached hydrogen (secondary N) is 1. The van der Waals surface area contributed by atoms with Crippen LogP contribution in [0.5, 0.6) is 11.5 Å². The summed E-state index contributed by atoms with van der Waals surface area (Å²) in [4.78, 5) is 14.1. The number of aromatic amines is 1. The first-order valence-electron chi connectivity index (χ1n) is 6.50. The van der Waals surface area contributed by atoms with Crippen molar-refractivity contribution in [2.45, 2.75) is 0 Å². The summed E-state index contributed by atoms with van der Waals surface area (Å²) < 4.78 is 5.04. The number of pyridine rings is 1. The van der Waals surface area contributed by atoms with Crippen LogP contribution in [0.2, 0.25) is 0 Å². The van der Waals surface area contributed by atoms with E-state index >= 15 is 0 Å². The number of nitrogens with zero attached hydrogens (tertiary/aromatic N) is 3. The van der Waals surface area contributed by atoms with Gasteiger partial charge >= 0.3 is 0 Å². The third-order valence-electron chi connectivity index (χ3n) is 3.24. The molecule has 0 bridgehead atoms. The van der Waals surface area contributed by atoms with Gasteiger partial charge in [-0.2, -0.15) is 0 Å². The molecule has 108 valence electrons. The van der Waals surface area contributed by atoms with E-state index in [0.29, 0.717) is 17.2 Å². The number of rotatable bonds is 3. The average Bonchev–Trinajstić information content (AvgIpc) is 2.89. The molecule has 0 unspecified atom stereocenters. The summed E-state index contributed by atoms with van der Waals surface area (Å²) in [5.74, 6) is 2.02. The Balaban J connectivity index is 2.06. The Morgan fingerprint density at radius 3 is 2.62 bits per heavy atom. The number of ether oxygens (including phenoxy) is 1. The van der Waals surface area contributed by atoms with Gasteiger partial charge in [0.2, 0.25) is 0 Å². The number of aromatic nitrogens is 3. The zero-order chi connectivity index (χ0) is 15.0. The fraction of sp³-hybridized carbons (Fsp3) is 0.200. The van der Waals surface area contributed by atoms with Gasteiger partial charge in [-0.1, -0.05) is 0 Å². The number of hydrogen-bond donors (Lipinski definition) is 2. The van der Waals surface area contributed by atoms with Crippen LogP contribution < -0.4 is 9.64 Å². The molecule has 0 radical (unpaired) electrons. The van der Waals surface area contributed by atoms with Gasteiger partial charge < -0.3 is 19.7 Å². The van der Waals surface area contributed by atoms with Crippen LogP contribution in [0.4, 0.5) is 5.82 Å². The van der Waals surface area contributed by atoms with E-state index in [2.05, 4.69) is 15.0 Å². The van der Waals surface area contributed by atoms with Crippen molar-refractivity contribution in [1.82, 2.24) is 15.0 Å². The van der Waals surface area contributed by atoms with E-state index < -0.39 is 0 Å². The maximum absolute atomic E-state index is 9.86. The van der Waals surface area contributed by atoms with E-state index in [1.165, 1.54) is 7.11 Å². The standard InChI is InChI=1S/C15H16N4O2/c1-19(2)13-7-5-10-15(17-13)18-14(16-10)9-4-6-12(21-3)11(20)8-9/h4-8,20H,1-3H3,(H,16,17,18). The van der Waals surface area contributed by atoms with Gasteiger partial charge in [-0.3, -0.25) is 0 Å². The van der Waals surface area contributed by atoms with Gasteiger partial charge in [0.05, 0.1) is 12.6 Å². The molecule has 0 saturated carbocycles. The Labute approximate surface area is 122 Å². The van der Waals surface area contributed by atoms with Crippen LogP contribution in [0.1, 0.15) is 0 Å². The highest BCUT2D eigenvalue weighted by molar-refractivity contribution is 5.78. The summed E-state index contributed by atoms with van der Waals surface area (Å²) in [5, 5.41) is 9.86. The monoisotopic (exact) mass is 284 g/mol. The number of anilines is 1. The van der Waals surface area contributed by atoms with Gasteiger partial charge in [0.25, 0.3) is 0 Å². The Bertz CT molecular complexity index is 795. The number of imidazole rings is 1. The summed E-state index contributed by atoms with van der Waals surface area (Å²) in [6.07, 6.45) is 0. The number of H-pyrrole nitrogens is 1. The largest absolute Gasteiger partial charge is 0.504 e. The van der Waals surface area contributed by atoms with E-state index in [4.69, 9.17) is 4.74 Å². The second-order valence-corrected chi connectivity index (χ2v) is 4.91. The molecule has 1 aromatic carbocycles. The Morgan fingerprint density at radius 1 is 1.14 bits per heavy atom. The highest BCUT2D eigenvalue weighted by atomic mass is 16.5. The van der Waals surface area contributed by atoms with Crippen LogP contribution >= 0.6 is 0 Å². The molecule has 6 nitrogen and oxygen atoms in total. The number of phenolic OH excluding ortho intramolecular Hbond substituents is 1. The van der Waals surface area contributed by atoms with Crippen LogP contribution in [0.3, 0.4) is 0 Å². The first-order valence-corrected chi connectivity index (χ1v) is 6.50. The van der Waals surface area contributed by atoms with Crippen molar-refractivity contribution in [3.05, 3.63) is 30.3 Å². The normalized spacial score (nSPS) is 10.8. The number of phenols is 1. The molecule has 0 atom stereocenters. The zero-order valence-corrected chi connectivity index (χ0v) is 12.1. The third kappa shape index (κ3) is 2.35. The maximum atomic E-state index is 9.86. The van der Waals surface area contributed by atoms with Crippen LogP contribution in [0.15, 0.2) is 30.3 Å². The molecule has 3 rings (SSSR count). The highest BCUT2D eigenvalue weighted by Gasteiger charge is 2.10. The fourth-order valence-electron chi connectivity index (χ4n) is 2.11. The van der Waals surface area contributed by atoms with Crippen LogP contribution in [0, 0.1) is 0 Å². The van der Waals surface area contributed by atoms with Crippen molar-refractivity contribution in [2.24, 2.45) is 0 Å². The van der Waals surface area contributed by atoms with E-state index in [-0.39, 0.29) is 5.75 Å². The van der Waals surface area contributed by atoms with Gasteiger partial charge in [0.1, 0.15) is 11.6 Å². The molecule has 2 N–H and O–H groups in total. The Morgan fingerprint density at radius 2 is 1.95 bits per heavy atom. The maximum Gasteiger partial charge on any atom is 0.180 e. The number of fused-ring (bicyclic) bond motifs is 1. The fourth-order valence-corrected chi connectivity index (χ4v) is 2.11. The van der Waals surface area contributed by atoms with E-state index in [1.807, 2.05) is 37.2 Å². The first-order chi connectivity index (χ1) is 10.1. The lowest BCUT2D eigenvalue weighted by molar-refractivity contribution is 0.373. The number of hydrogen-bond acceptors (Lipinski definition) is 5. The van der Waals surface area contributed by atoms with Crippen molar-refractivity contribution in [1.29, 1.82) is 0 Å². The second-order valence-electron chi connectivity index (χ2n) is 4.91. The average molecular weight is 284 g/mol. The molecule has 0 saturated heterocycles. The van der Waals surface area contributed by atoms with Crippen molar-refractivity contribution >= 4 is 17.0 Å². The molecule has 0 spiro atoms. The van der Waals surface area contributed by atoms with Crippen molar-refractivity contribution in [2.75, 3.05) is 26.1 Å². The Kier molecular flexibility index (Phi) is 3.13. The molecule has 0 aliphatic heterocycles. The zero-order valence-electron chi connectivity index (χ0n) is 12.1. The number of methoxy groups -OCH3 is 1. The Hall–Kier alpha value is -2.76. The predicted molar refractivity (Wildman–Crippen MR) is 81.9 cm³/mol.